The molecule has 0 saturated heterocycles. The quantitative estimate of drug-likeness (QED) is 0.831. The van der Waals surface area contributed by atoms with E-state index in [1.54, 1.807) is 18.2 Å². The molecule has 0 fully saturated rings. The Morgan fingerprint density at radius 3 is 2.32 bits per heavy atom. The van der Waals surface area contributed by atoms with Crippen LogP contribution in [-0.4, -0.2) is 5.91 Å². The third kappa shape index (κ3) is 4.07. The zero-order chi connectivity index (χ0) is 13.7. The highest BCUT2D eigenvalue weighted by atomic mass is 19.1. The highest BCUT2D eigenvalue weighted by molar-refractivity contribution is 6.01. The molecule has 0 saturated carbocycles. The van der Waals surface area contributed by atoms with Crippen LogP contribution in [0.4, 0.5) is 10.1 Å². The molecule has 2 nitrogen and oxygen atoms in total. The molecule has 0 atom stereocenters. The molecule has 0 spiro atoms. The highest BCUT2D eigenvalue weighted by Crippen LogP contribution is 2.09. The smallest absolute Gasteiger partial charge is 0.248 e. The first-order valence-electron chi connectivity index (χ1n) is 5.95. The van der Waals surface area contributed by atoms with Crippen molar-refractivity contribution in [1.29, 1.82) is 0 Å². The summed E-state index contributed by atoms with van der Waals surface area (Å²) in [6.07, 6.45) is 3.07. The van der Waals surface area contributed by atoms with Gasteiger partial charge in [0.05, 0.1) is 0 Å². The summed E-state index contributed by atoms with van der Waals surface area (Å²) in [4.78, 5) is 11.7. The molecule has 0 aliphatic heterocycles. The Kier molecular flexibility index (Phi) is 4.08. The zero-order valence-electron chi connectivity index (χ0n) is 10.6. The van der Waals surface area contributed by atoms with E-state index in [4.69, 9.17) is 0 Å². The highest BCUT2D eigenvalue weighted by Gasteiger charge is 1.97. The summed E-state index contributed by atoms with van der Waals surface area (Å²) >= 11 is 0. The van der Waals surface area contributed by atoms with Gasteiger partial charge in [0.25, 0.3) is 0 Å². The Hall–Kier alpha value is -2.42. The third-order valence-electron chi connectivity index (χ3n) is 2.62. The SMILES string of the molecule is Cc1ccc(NC(=O)/C=C/c2ccc(F)cc2)cc1. The van der Waals surface area contributed by atoms with E-state index in [9.17, 15) is 9.18 Å². The van der Waals surface area contributed by atoms with E-state index in [0.29, 0.717) is 0 Å². The maximum atomic E-state index is 12.7. The van der Waals surface area contributed by atoms with E-state index in [1.165, 1.54) is 18.2 Å². The molecule has 1 amide bonds. The number of aryl methyl sites for hydroxylation is 1. The molecule has 0 radical (unpaired) electrons. The van der Waals surface area contributed by atoms with Gasteiger partial charge in [0.2, 0.25) is 5.91 Å². The van der Waals surface area contributed by atoms with Crippen LogP contribution in [0.5, 0.6) is 0 Å². The lowest BCUT2D eigenvalue weighted by Crippen LogP contribution is -2.07. The number of benzene rings is 2. The van der Waals surface area contributed by atoms with Crippen LogP contribution in [0.2, 0.25) is 0 Å². The van der Waals surface area contributed by atoms with Crippen LogP contribution in [0.1, 0.15) is 11.1 Å². The fraction of sp³-hybridized carbons (Fsp3) is 0.0625. The standard InChI is InChI=1S/C16H14FNO/c1-12-2-9-15(10-3-12)18-16(19)11-6-13-4-7-14(17)8-5-13/h2-11H,1H3,(H,18,19)/b11-6+. The summed E-state index contributed by atoms with van der Waals surface area (Å²) in [6, 6.07) is 13.5. The number of amides is 1. The fourth-order valence-electron chi connectivity index (χ4n) is 1.57. The van der Waals surface area contributed by atoms with Gasteiger partial charge in [-0.3, -0.25) is 4.79 Å². The van der Waals surface area contributed by atoms with Crippen molar-refractivity contribution >= 4 is 17.7 Å². The fourth-order valence-corrected chi connectivity index (χ4v) is 1.57. The van der Waals surface area contributed by atoms with Crippen LogP contribution in [0.3, 0.4) is 0 Å². The van der Waals surface area contributed by atoms with Crippen molar-refractivity contribution in [2.45, 2.75) is 6.92 Å². The molecule has 0 aliphatic rings. The van der Waals surface area contributed by atoms with Crippen molar-refractivity contribution in [3.63, 3.8) is 0 Å². The van der Waals surface area contributed by atoms with Crippen LogP contribution in [0.15, 0.2) is 54.6 Å². The molecule has 2 rings (SSSR count). The molecule has 0 aromatic heterocycles. The Balaban J connectivity index is 1.97. The summed E-state index contributed by atoms with van der Waals surface area (Å²) < 4.78 is 12.7. The third-order valence-corrected chi connectivity index (χ3v) is 2.62. The van der Waals surface area contributed by atoms with Crippen molar-refractivity contribution in [3.05, 3.63) is 71.6 Å². The molecule has 96 valence electrons. The Morgan fingerprint density at radius 1 is 1.05 bits per heavy atom. The molecular weight excluding hydrogens is 241 g/mol. The molecule has 2 aromatic carbocycles. The van der Waals surface area contributed by atoms with Crippen molar-refractivity contribution in [2.75, 3.05) is 5.32 Å². The Bertz CT molecular complexity index is 585. The van der Waals surface area contributed by atoms with Gasteiger partial charge >= 0.3 is 0 Å². The number of rotatable bonds is 3. The van der Waals surface area contributed by atoms with E-state index in [1.807, 2.05) is 31.2 Å². The van der Waals surface area contributed by atoms with Gasteiger partial charge in [0, 0.05) is 11.8 Å². The first-order chi connectivity index (χ1) is 9.13. The van der Waals surface area contributed by atoms with Gasteiger partial charge in [-0.2, -0.15) is 0 Å². The first kappa shape index (κ1) is 13.0. The van der Waals surface area contributed by atoms with Crippen molar-refractivity contribution in [2.24, 2.45) is 0 Å². The second-order valence-corrected chi connectivity index (χ2v) is 4.24. The van der Waals surface area contributed by atoms with Gasteiger partial charge in [-0.05, 0) is 42.8 Å². The minimum absolute atomic E-state index is 0.215. The number of carbonyl (C=O) groups excluding carboxylic acids is 1. The molecule has 0 unspecified atom stereocenters. The van der Waals surface area contributed by atoms with Gasteiger partial charge < -0.3 is 5.32 Å². The molecule has 2 aromatic rings. The number of nitrogens with one attached hydrogen (secondary N) is 1. The second kappa shape index (κ2) is 5.96. The molecule has 3 heteroatoms. The van der Waals surface area contributed by atoms with Gasteiger partial charge in [-0.1, -0.05) is 29.8 Å². The number of halogens is 1. The molecule has 0 heterocycles. The van der Waals surface area contributed by atoms with E-state index >= 15 is 0 Å². The Morgan fingerprint density at radius 2 is 1.68 bits per heavy atom. The van der Waals surface area contributed by atoms with E-state index in [-0.39, 0.29) is 11.7 Å². The van der Waals surface area contributed by atoms with Crippen molar-refractivity contribution in [1.82, 2.24) is 0 Å². The normalized spacial score (nSPS) is 10.6. The maximum absolute atomic E-state index is 12.7. The van der Waals surface area contributed by atoms with Crippen LogP contribution in [0, 0.1) is 12.7 Å². The lowest BCUT2D eigenvalue weighted by atomic mass is 10.2. The number of carbonyl (C=O) groups is 1. The largest absolute Gasteiger partial charge is 0.323 e. The van der Waals surface area contributed by atoms with Gasteiger partial charge in [-0.15, -0.1) is 0 Å². The summed E-state index contributed by atoms with van der Waals surface area (Å²) in [6.45, 7) is 1.99. The van der Waals surface area contributed by atoms with Crippen LogP contribution in [-0.2, 0) is 4.79 Å². The lowest BCUT2D eigenvalue weighted by Gasteiger charge is -2.02. The number of hydrogen-bond donors (Lipinski definition) is 1. The minimum Gasteiger partial charge on any atom is -0.323 e. The summed E-state index contributed by atoms with van der Waals surface area (Å²) in [5.74, 6) is -0.505. The molecule has 1 N–H and O–H groups in total. The molecule has 0 bridgehead atoms. The topological polar surface area (TPSA) is 29.1 Å². The van der Waals surface area contributed by atoms with Gasteiger partial charge in [0.15, 0.2) is 0 Å². The summed E-state index contributed by atoms with van der Waals surface area (Å²) in [7, 11) is 0. The van der Waals surface area contributed by atoms with Crippen molar-refractivity contribution < 1.29 is 9.18 Å². The predicted molar refractivity (Wildman–Crippen MR) is 75.2 cm³/mol. The monoisotopic (exact) mass is 255 g/mol. The maximum Gasteiger partial charge on any atom is 0.248 e. The summed E-state index contributed by atoms with van der Waals surface area (Å²) in [5.41, 5.74) is 2.67. The molecule has 19 heavy (non-hydrogen) atoms. The lowest BCUT2D eigenvalue weighted by molar-refractivity contribution is -0.111. The average Bonchev–Trinajstić information content (AvgIpc) is 2.41. The molecular formula is C16H14FNO. The van der Waals surface area contributed by atoms with E-state index < -0.39 is 0 Å². The predicted octanol–water partition coefficient (Wildman–Crippen LogP) is 3.79. The van der Waals surface area contributed by atoms with Gasteiger partial charge in [-0.25, -0.2) is 4.39 Å². The average molecular weight is 255 g/mol. The Labute approximate surface area is 111 Å². The van der Waals surface area contributed by atoms with Crippen LogP contribution in [0.25, 0.3) is 6.08 Å². The van der Waals surface area contributed by atoms with Crippen LogP contribution < -0.4 is 5.32 Å². The van der Waals surface area contributed by atoms with E-state index in [0.717, 1.165) is 16.8 Å². The van der Waals surface area contributed by atoms with Crippen LogP contribution >= 0.6 is 0 Å². The number of hydrogen-bond acceptors (Lipinski definition) is 1. The zero-order valence-corrected chi connectivity index (χ0v) is 10.6. The number of anilines is 1. The van der Waals surface area contributed by atoms with E-state index in [2.05, 4.69) is 5.32 Å². The van der Waals surface area contributed by atoms with Crippen molar-refractivity contribution in [3.8, 4) is 0 Å². The minimum atomic E-state index is -0.291. The second-order valence-electron chi connectivity index (χ2n) is 4.24. The van der Waals surface area contributed by atoms with Gasteiger partial charge in [0.1, 0.15) is 5.82 Å². The summed E-state index contributed by atoms with van der Waals surface area (Å²) in [5, 5.41) is 2.75. The molecule has 0 aliphatic carbocycles. The first-order valence-corrected chi connectivity index (χ1v) is 5.95.